The molecule has 0 aromatic rings. The zero-order valence-electron chi connectivity index (χ0n) is 11.3. The van der Waals surface area contributed by atoms with Crippen LogP contribution in [0.1, 0.15) is 39.0 Å². The summed E-state index contributed by atoms with van der Waals surface area (Å²) in [5.74, 6) is 0.399. The molecule has 0 atom stereocenters. The van der Waals surface area contributed by atoms with E-state index in [-0.39, 0.29) is 23.6 Å². The van der Waals surface area contributed by atoms with Gasteiger partial charge in [0.15, 0.2) is 0 Å². The lowest BCUT2D eigenvalue weighted by molar-refractivity contribution is 0.185. The van der Waals surface area contributed by atoms with Crippen LogP contribution in [0.5, 0.6) is 0 Å². The minimum atomic E-state index is -2.86. The van der Waals surface area contributed by atoms with E-state index in [1.165, 1.54) is 0 Å². The molecule has 1 heterocycles. The van der Waals surface area contributed by atoms with Crippen LogP contribution in [0.4, 0.5) is 4.79 Å². The summed E-state index contributed by atoms with van der Waals surface area (Å²) in [7, 11) is -1.11. The third-order valence-corrected chi connectivity index (χ3v) is 5.16. The minimum Gasteiger partial charge on any atom is -0.338 e. The predicted molar refractivity (Wildman–Crippen MR) is 72.4 cm³/mol. The van der Waals surface area contributed by atoms with Gasteiger partial charge in [0.2, 0.25) is 0 Å². The van der Waals surface area contributed by atoms with Crippen LogP contribution in [0.15, 0.2) is 0 Å². The van der Waals surface area contributed by atoms with Crippen LogP contribution >= 0.6 is 0 Å². The summed E-state index contributed by atoms with van der Waals surface area (Å²) in [6, 6.07) is -0.0323. The molecule has 18 heavy (non-hydrogen) atoms. The molecule has 0 aliphatic carbocycles. The summed E-state index contributed by atoms with van der Waals surface area (Å²) < 4.78 is 22.6. The number of unbranched alkanes of at least 4 members (excludes halogenated alkanes) is 2. The first-order valence-electron chi connectivity index (χ1n) is 6.67. The molecule has 1 saturated heterocycles. The molecule has 5 nitrogen and oxygen atoms in total. The van der Waals surface area contributed by atoms with E-state index in [2.05, 4.69) is 12.2 Å². The minimum absolute atomic E-state index is 0.0553. The smallest absolute Gasteiger partial charge is 0.317 e. The SMILES string of the molecule is CCCCCNC(=O)N(C)C1CCS(=O)(=O)CC1. The lowest BCUT2D eigenvalue weighted by atomic mass is 10.1. The Balaban J connectivity index is 2.31. The Labute approximate surface area is 110 Å². The van der Waals surface area contributed by atoms with E-state index in [0.717, 1.165) is 19.3 Å². The van der Waals surface area contributed by atoms with Gasteiger partial charge in [-0.1, -0.05) is 19.8 Å². The second-order valence-electron chi connectivity index (χ2n) is 4.93. The van der Waals surface area contributed by atoms with Gasteiger partial charge < -0.3 is 10.2 Å². The number of urea groups is 1. The summed E-state index contributed by atoms with van der Waals surface area (Å²) in [4.78, 5) is 13.5. The van der Waals surface area contributed by atoms with Crippen molar-refractivity contribution < 1.29 is 13.2 Å². The molecule has 0 aromatic heterocycles. The Morgan fingerprint density at radius 3 is 2.44 bits per heavy atom. The van der Waals surface area contributed by atoms with Gasteiger partial charge >= 0.3 is 6.03 Å². The van der Waals surface area contributed by atoms with E-state index in [4.69, 9.17) is 0 Å². The Bertz CT molecular complexity index is 354. The van der Waals surface area contributed by atoms with Gasteiger partial charge in [-0.05, 0) is 19.3 Å². The lowest BCUT2D eigenvalue weighted by Gasteiger charge is -2.31. The molecular weight excluding hydrogens is 252 g/mol. The summed E-state index contributed by atoms with van der Waals surface area (Å²) in [5.41, 5.74) is 0. The van der Waals surface area contributed by atoms with Gasteiger partial charge in [-0.2, -0.15) is 0 Å². The summed E-state index contributed by atoms with van der Waals surface area (Å²) >= 11 is 0. The number of carbonyl (C=O) groups excluding carboxylic acids is 1. The van der Waals surface area contributed by atoms with E-state index in [9.17, 15) is 13.2 Å². The molecule has 1 rings (SSSR count). The fourth-order valence-electron chi connectivity index (χ4n) is 2.13. The van der Waals surface area contributed by atoms with Crippen LogP contribution in [-0.4, -0.2) is 50.5 Å². The Hall–Kier alpha value is -0.780. The van der Waals surface area contributed by atoms with Gasteiger partial charge in [0.1, 0.15) is 9.84 Å². The monoisotopic (exact) mass is 276 g/mol. The second-order valence-corrected chi connectivity index (χ2v) is 7.24. The highest BCUT2D eigenvalue weighted by Crippen LogP contribution is 2.16. The van der Waals surface area contributed by atoms with E-state index in [1.54, 1.807) is 11.9 Å². The topological polar surface area (TPSA) is 66.5 Å². The zero-order valence-corrected chi connectivity index (χ0v) is 12.1. The van der Waals surface area contributed by atoms with Gasteiger partial charge in [-0.15, -0.1) is 0 Å². The van der Waals surface area contributed by atoms with Crippen molar-refractivity contribution in [2.75, 3.05) is 25.1 Å². The molecule has 0 radical (unpaired) electrons. The third-order valence-electron chi connectivity index (χ3n) is 3.45. The lowest BCUT2D eigenvalue weighted by Crippen LogP contribution is -2.46. The average Bonchev–Trinajstić information content (AvgIpc) is 2.33. The predicted octanol–water partition coefficient (Wildman–Crippen LogP) is 1.40. The average molecular weight is 276 g/mol. The first-order valence-corrected chi connectivity index (χ1v) is 8.49. The number of sulfone groups is 1. The van der Waals surface area contributed by atoms with Crippen molar-refractivity contribution in [1.82, 2.24) is 10.2 Å². The first-order chi connectivity index (χ1) is 8.46. The molecule has 1 fully saturated rings. The number of nitrogens with zero attached hydrogens (tertiary/aromatic N) is 1. The summed E-state index contributed by atoms with van der Waals surface area (Å²) in [5, 5.41) is 2.87. The van der Waals surface area contributed by atoms with Gasteiger partial charge in [-0.3, -0.25) is 0 Å². The maximum atomic E-state index is 11.8. The van der Waals surface area contributed by atoms with Crippen LogP contribution < -0.4 is 5.32 Å². The van der Waals surface area contributed by atoms with Crippen LogP contribution in [0, 0.1) is 0 Å². The maximum Gasteiger partial charge on any atom is 0.317 e. The van der Waals surface area contributed by atoms with Crippen molar-refractivity contribution in [1.29, 1.82) is 0 Å². The highest BCUT2D eigenvalue weighted by molar-refractivity contribution is 7.91. The Kier molecular flexibility index (Phi) is 5.91. The standard InChI is InChI=1S/C12H24N2O3S/c1-3-4-5-8-13-12(15)14(2)11-6-9-18(16,17)10-7-11/h11H,3-10H2,1-2H3,(H,13,15). The van der Waals surface area contributed by atoms with Crippen molar-refractivity contribution >= 4 is 15.9 Å². The molecule has 0 bridgehead atoms. The fraction of sp³-hybridized carbons (Fsp3) is 0.917. The molecular formula is C12H24N2O3S. The molecule has 1 N–H and O–H groups in total. The zero-order chi connectivity index (χ0) is 13.6. The van der Waals surface area contributed by atoms with E-state index >= 15 is 0 Å². The number of hydrogen-bond donors (Lipinski definition) is 1. The Morgan fingerprint density at radius 1 is 1.28 bits per heavy atom. The van der Waals surface area contributed by atoms with Gasteiger partial charge in [0.25, 0.3) is 0 Å². The van der Waals surface area contributed by atoms with E-state index < -0.39 is 9.84 Å². The molecule has 2 amide bonds. The van der Waals surface area contributed by atoms with Crippen LogP contribution in [0.25, 0.3) is 0 Å². The van der Waals surface area contributed by atoms with Crippen LogP contribution in [0.3, 0.4) is 0 Å². The summed E-state index contributed by atoms with van der Waals surface area (Å²) in [6.07, 6.45) is 4.36. The highest BCUT2D eigenvalue weighted by Gasteiger charge is 2.28. The summed E-state index contributed by atoms with van der Waals surface area (Å²) in [6.45, 7) is 2.82. The van der Waals surface area contributed by atoms with Gasteiger partial charge in [-0.25, -0.2) is 13.2 Å². The molecule has 0 aromatic carbocycles. The fourth-order valence-corrected chi connectivity index (χ4v) is 3.59. The molecule has 0 spiro atoms. The van der Waals surface area contributed by atoms with E-state index in [1.807, 2.05) is 0 Å². The number of nitrogens with one attached hydrogen (secondary N) is 1. The van der Waals surface area contributed by atoms with E-state index in [0.29, 0.717) is 19.4 Å². The Morgan fingerprint density at radius 2 is 1.89 bits per heavy atom. The van der Waals surface area contributed by atoms with Crippen molar-refractivity contribution in [2.24, 2.45) is 0 Å². The van der Waals surface area contributed by atoms with Crippen molar-refractivity contribution in [2.45, 2.75) is 45.1 Å². The largest absolute Gasteiger partial charge is 0.338 e. The normalized spacial score (nSPS) is 19.4. The number of rotatable bonds is 5. The van der Waals surface area contributed by atoms with Crippen molar-refractivity contribution in [3.8, 4) is 0 Å². The highest BCUT2D eigenvalue weighted by atomic mass is 32.2. The van der Waals surface area contributed by atoms with Crippen LogP contribution in [0.2, 0.25) is 0 Å². The number of carbonyl (C=O) groups is 1. The molecule has 106 valence electrons. The van der Waals surface area contributed by atoms with Crippen LogP contribution in [-0.2, 0) is 9.84 Å². The van der Waals surface area contributed by atoms with Gasteiger partial charge in [0, 0.05) is 19.6 Å². The van der Waals surface area contributed by atoms with Gasteiger partial charge in [0.05, 0.1) is 11.5 Å². The maximum absolute atomic E-state index is 11.8. The third kappa shape index (κ3) is 4.84. The molecule has 6 heteroatoms. The molecule has 1 aliphatic heterocycles. The molecule has 0 saturated carbocycles. The van der Waals surface area contributed by atoms with Crippen molar-refractivity contribution in [3.05, 3.63) is 0 Å². The number of amides is 2. The molecule has 0 unspecified atom stereocenters. The molecule has 1 aliphatic rings. The van der Waals surface area contributed by atoms with Crippen molar-refractivity contribution in [3.63, 3.8) is 0 Å². The quantitative estimate of drug-likeness (QED) is 0.772. The first kappa shape index (κ1) is 15.3. The second kappa shape index (κ2) is 6.97. The number of hydrogen-bond acceptors (Lipinski definition) is 3.